The summed E-state index contributed by atoms with van der Waals surface area (Å²) in [6, 6.07) is 0. The zero-order chi connectivity index (χ0) is 7.83. The fourth-order valence-electron chi connectivity index (χ4n) is 1.50. The summed E-state index contributed by atoms with van der Waals surface area (Å²) in [6.45, 7) is 1.80. The summed E-state index contributed by atoms with van der Waals surface area (Å²) in [5.41, 5.74) is -1.54. The average Bonchev–Trinajstić information content (AvgIpc) is 1.58. The van der Waals surface area contributed by atoms with E-state index < -0.39 is 24.4 Å². The molecule has 0 atom stereocenters. The van der Waals surface area contributed by atoms with Crippen LogP contribution in [-0.4, -0.2) is 11.6 Å². The van der Waals surface area contributed by atoms with Crippen molar-refractivity contribution in [1.29, 1.82) is 0 Å². The van der Waals surface area contributed by atoms with Crippen molar-refractivity contribution in [1.82, 2.24) is 0 Å². The van der Waals surface area contributed by atoms with E-state index in [2.05, 4.69) is 0 Å². The van der Waals surface area contributed by atoms with Gasteiger partial charge in [0.25, 0.3) is 5.92 Å². The molecular formula is C7H11F3. The maximum Gasteiger partial charge on any atom is 0.254 e. The lowest BCUT2D eigenvalue weighted by molar-refractivity contribution is -0.172. The van der Waals surface area contributed by atoms with Crippen LogP contribution in [0.4, 0.5) is 13.2 Å². The Morgan fingerprint density at radius 2 is 1.70 bits per heavy atom. The highest BCUT2D eigenvalue weighted by molar-refractivity contribution is 4.99. The first kappa shape index (κ1) is 7.89. The van der Waals surface area contributed by atoms with Gasteiger partial charge in [0.05, 0.1) is 0 Å². The summed E-state index contributed by atoms with van der Waals surface area (Å²) in [4.78, 5) is 0. The molecule has 0 nitrogen and oxygen atoms in total. The molecule has 0 N–H and O–H groups in total. The third-order valence-corrected chi connectivity index (χ3v) is 1.85. The number of hydrogen-bond donors (Lipinski definition) is 0. The number of hydrogen-bond acceptors (Lipinski definition) is 0. The minimum absolute atomic E-state index is 0.280. The lowest BCUT2D eigenvalue weighted by Crippen LogP contribution is -2.48. The highest BCUT2D eigenvalue weighted by Gasteiger charge is 2.56. The van der Waals surface area contributed by atoms with Gasteiger partial charge in [-0.1, -0.05) is 13.3 Å². The molecule has 0 spiro atoms. The Morgan fingerprint density at radius 1 is 1.20 bits per heavy atom. The fraction of sp³-hybridized carbons (Fsp3) is 1.00. The normalized spacial score (nSPS) is 27.6. The van der Waals surface area contributed by atoms with Gasteiger partial charge < -0.3 is 0 Å². The van der Waals surface area contributed by atoms with Crippen LogP contribution in [0, 0.1) is 0 Å². The van der Waals surface area contributed by atoms with Gasteiger partial charge in [0.1, 0.15) is 5.67 Å². The van der Waals surface area contributed by atoms with Crippen LogP contribution in [0.25, 0.3) is 0 Å². The summed E-state index contributed by atoms with van der Waals surface area (Å²) >= 11 is 0. The van der Waals surface area contributed by atoms with Gasteiger partial charge in [0, 0.05) is 12.8 Å². The standard InChI is InChI=1S/C7H11F3/c1-2-3-6(8)4-7(9,10)5-6/h2-5H2,1H3. The molecule has 10 heavy (non-hydrogen) atoms. The van der Waals surface area contributed by atoms with Crippen molar-refractivity contribution in [2.75, 3.05) is 0 Å². The van der Waals surface area contributed by atoms with Crippen molar-refractivity contribution in [3.05, 3.63) is 0 Å². The highest BCUT2D eigenvalue weighted by atomic mass is 19.3. The van der Waals surface area contributed by atoms with Gasteiger partial charge in [-0.25, -0.2) is 13.2 Å². The molecule has 60 valence electrons. The molecule has 1 aliphatic carbocycles. The molecule has 0 aromatic rings. The molecule has 0 bridgehead atoms. The molecule has 0 heterocycles. The van der Waals surface area contributed by atoms with Crippen molar-refractivity contribution >= 4 is 0 Å². The Kier molecular flexibility index (Phi) is 1.69. The molecule has 0 aromatic heterocycles. The molecule has 0 aliphatic heterocycles. The van der Waals surface area contributed by atoms with Gasteiger partial charge in [0.2, 0.25) is 0 Å². The first-order chi connectivity index (χ1) is 4.47. The Bertz CT molecular complexity index is 123. The van der Waals surface area contributed by atoms with Crippen molar-refractivity contribution in [2.45, 2.75) is 44.2 Å². The summed E-state index contributed by atoms with van der Waals surface area (Å²) in [5, 5.41) is 0. The lowest BCUT2D eigenvalue weighted by Gasteiger charge is -2.40. The molecule has 1 aliphatic rings. The zero-order valence-electron chi connectivity index (χ0n) is 5.96. The topological polar surface area (TPSA) is 0 Å². The van der Waals surface area contributed by atoms with Crippen LogP contribution in [0.15, 0.2) is 0 Å². The first-order valence-corrected chi connectivity index (χ1v) is 3.54. The summed E-state index contributed by atoms with van der Waals surface area (Å²) in [7, 11) is 0. The van der Waals surface area contributed by atoms with E-state index in [1.165, 1.54) is 0 Å². The van der Waals surface area contributed by atoms with Gasteiger partial charge in [-0.15, -0.1) is 0 Å². The van der Waals surface area contributed by atoms with Gasteiger partial charge in [-0.05, 0) is 6.42 Å². The Hall–Kier alpha value is -0.210. The number of alkyl halides is 3. The molecule has 0 unspecified atom stereocenters. The van der Waals surface area contributed by atoms with E-state index >= 15 is 0 Å². The predicted molar refractivity (Wildman–Crippen MR) is 32.9 cm³/mol. The Labute approximate surface area is 58.4 Å². The second kappa shape index (κ2) is 2.14. The molecule has 3 heteroatoms. The van der Waals surface area contributed by atoms with E-state index in [1.54, 1.807) is 6.92 Å². The van der Waals surface area contributed by atoms with Crippen LogP contribution in [-0.2, 0) is 0 Å². The van der Waals surface area contributed by atoms with E-state index in [4.69, 9.17) is 0 Å². The Morgan fingerprint density at radius 3 is 2.00 bits per heavy atom. The maximum atomic E-state index is 12.9. The molecule has 1 fully saturated rings. The van der Waals surface area contributed by atoms with Crippen molar-refractivity contribution in [3.63, 3.8) is 0 Å². The average molecular weight is 152 g/mol. The van der Waals surface area contributed by atoms with Crippen LogP contribution in [0.3, 0.4) is 0 Å². The quantitative estimate of drug-likeness (QED) is 0.570. The zero-order valence-corrected chi connectivity index (χ0v) is 5.96. The summed E-state index contributed by atoms with van der Waals surface area (Å²) in [6.07, 6.45) is -0.198. The van der Waals surface area contributed by atoms with Crippen LogP contribution >= 0.6 is 0 Å². The fourth-order valence-corrected chi connectivity index (χ4v) is 1.50. The van der Waals surface area contributed by atoms with Crippen LogP contribution in [0.1, 0.15) is 32.6 Å². The largest absolute Gasteiger partial charge is 0.254 e. The molecule has 0 amide bonds. The lowest BCUT2D eigenvalue weighted by atomic mass is 9.75. The maximum absolute atomic E-state index is 12.9. The van der Waals surface area contributed by atoms with E-state index in [0.29, 0.717) is 6.42 Å². The second-order valence-corrected chi connectivity index (χ2v) is 3.11. The van der Waals surface area contributed by atoms with Crippen molar-refractivity contribution in [2.24, 2.45) is 0 Å². The van der Waals surface area contributed by atoms with E-state index in [9.17, 15) is 13.2 Å². The number of halogens is 3. The molecular weight excluding hydrogens is 141 g/mol. The second-order valence-electron chi connectivity index (χ2n) is 3.11. The van der Waals surface area contributed by atoms with E-state index in [-0.39, 0.29) is 6.42 Å². The van der Waals surface area contributed by atoms with Crippen molar-refractivity contribution < 1.29 is 13.2 Å². The van der Waals surface area contributed by atoms with E-state index in [1.807, 2.05) is 0 Å². The summed E-state index contributed by atoms with van der Waals surface area (Å²) < 4.78 is 37.2. The first-order valence-electron chi connectivity index (χ1n) is 3.54. The third-order valence-electron chi connectivity index (χ3n) is 1.85. The van der Waals surface area contributed by atoms with Crippen LogP contribution in [0.5, 0.6) is 0 Å². The third kappa shape index (κ3) is 1.44. The molecule has 1 rings (SSSR count). The van der Waals surface area contributed by atoms with Crippen LogP contribution in [0.2, 0.25) is 0 Å². The minimum atomic E-state index is -2.72. The Balaban J connectivity index is 2.34. The van der Waals surface area contributed by atoms with E-state index in [0.717, 1.165) is 0 Å². The predicted octanol–water partition coefficient (Wildman–Crippen LogP) is 2.92. The van der Waals surface area contributed by atoms with Gasteiger partial charge in [0.15, 0.2) is 0 Å². The van der Waals surface area contributed by atoms with Crippen molar-refractivity contribution in [3.8, 4) is 0 Å². The monoisotopic (exact) mass is 152 g/mol. The van der Waals surface area contributed by atoms with Crippen LogP contribution < -0.4 is 0 Å². The SMILES string of the molecule is CCCC1(F)CC(F)(F)C1. The molecule has 0 aromatic carbocycles. The molecule has 1 saturated carbocycles. The van der Waals surface area contributed by atoms with Gasteiger partial charge in [-0.3, -0.25) is 0 Å². The minimum Gasteiger partial charge on any atom is -0.243 e. The number of rotatable bonds is 2. The summed E-state index contributed by atoms with van der Waals surface area (Å²) in [5.74, 6) is -2.72. The highest BCUT2D eigenvalue weighted by Crippen LogP contribution is 2.50. The smallest absolute Gasteiger partial charge is 0.243 e. The van der Waals surface area contributed by atoms with Gasteiger partial charge in [-0.2, -0.15) is 0 Å². The van der Waals surface area contributed by atoms with Gasteiger partial charge >= 0.3 is 0 Å². The molecule has 0 radical (unpaired) electrons. The molecule has 0 saturated heterocycles.